The molecule has 5 nitrogen and oxygen atoms in total. The molecule has 1 heterocycles. The number of nitrogens with zero attached hydrogens (tertiary/aromatic N) is 1. The van der Waals surface area contributed by atoms with Gasteiger partial charge in [0.1, 0.15) is 15.9 Å². The molecule has 0 bridgehead atoms. The monoisotopic (exact) mass is 300 g/mol. The Hall–Kier alpha value is -2.52. The summed E-state index contributed by atoms with van der Waals surface area (Å²) in [7, 11) is 0. The minimum Gasteiger partial charge on any atom is -0.396 e. The normalized spacial score (nSPS) is 10.1. The van der Waals surface area contributed by atoms with Gasteiger partial charge in [-0.2, -0.15) is 5.26 Å². The minimum absolute atomic E-state index is 0.161. The van der Waals surface area contributed by atoms with E-state index in [0.717, 1.165) is 17.8 Å². The van der Waals surface area contributed by atoms with Gasteiger partial charge in [-0.05, 0) is 24.5 Å². The van der Waals surface area contributed by atoms with Crippen LogP contribution in [0.1, 0.15) is 26.4 Å². The van der Waals surface area contributed by atoms with Crippen molar-refractivity contribution in [2.45, 2.75) is 13.3 Å². The van der Waals surface area contributed by atoms with E-state index in [1.807, 2.05) is 18.2 Å². The first kappa shape index (κ1) is 14.9. The van der Waals surface area contributed by atoms with Crippen molar-refractivity contribution in [2.75, 3.05) is 17.6 Å². The summed E-state index contributed by atoms with van der Waals surface area (Å²) in [6, 6.07) is 10.1. The van der Waals surface area contributed by atoms with E-state index < -0.39 is 5.91 Å². The second-order valence-corrected chi connectivity index (χ2v) is 5.65. The van der Waals surface area contributed by atoms with Gasteiger partial charge in [-0.25, -0.2) is 0 Å². The third-order valence-corrected chi connectivity index (χ3v) is 4.30. The van der Waals surface area contributed by atoms with Gasteiger partial charge < -0.3 is 16.8 Å². The van der Waals surface area contributed by atoms with Crippen LogP contribution in [-0.4, -0.2) is 12.5 Å². The van der Waals surface area contributed by atoms with E-state index in [1.54, 1.807) is 0 Å². The summed E-state index contributed by atoms with van der Waals surface area (Å²) in [5.74, 6) is -0.622. The molecular weight excluding hydrogens is 284 g/mol. The van der Waals surface area contributed by atoms with E-state index >= 15 is 0 Å². The van der Waals surface area contributed by atoms with Crippen molar-refractivity contribution >= 4 is 27.9 Å². The summed E-state index contributed by atoms with van der Waals surface area (Å²) in [5.41, 5.74) is 13.9. The Morgan fingerprint density at radius 2 is 2.14 bits per heavy atom. The van der Waals surface area contributed by atoms with Gasteiger partial charge in [0.15, 0.2) is 0 Å². The number of anilines is 2. The average molecular weight is 300 g/mol. The number of benzene rings is 1. The number of hydrogen-bond donors (Lipinski definition) is 3. The predicted molar refractivity (Wildman–Crippen MR) is 85.3 cm³/mol. The van der Waals surface area contributed by atoms with Crippen LogP contribution >= 0.6 is 11.3 Å². The highest BCUT2D eigenvalue weighted by atomic mass is 32.1. The zero-order valence-corrected chi connectivity index (χ0v) is 12.5. The number of rotatable bonds is 5. The maximum atomic E-state index is 11.5. The van der Waals surface area contributed by atoms with Crippen LogP contribution < -0.4 is 16.8 Å². The Balaban J connectivity index is 2.12. The van der Waals surface area contributed by atoms with E-state index in [9.17, 15) is 4.79 Å². The molecule has 6 heteroatoms. The molecule has 1 aromatic carbocycles. The van der Waals surface area contributed by atoms with Crippen LogP contribution in [0.5, 0.6) is 0 Å². The number of nitrogens with two attached hydrogens (primary N) is 2. The van der Waals surface area contributed by atoms with E-state index in [4.69, 9.17) is 16.7 Å². The fourth-order valence-electron chi connectivity index (χ4n) is 2.10. The Morgan fingerprint density at radius 1 is 1.43 bits per heavy atom. The third-order valence-electron chi connectivity index (χ3n) is 3.23. The van der Waals surface area contributed by atoms with Gasteiger partial charge in [0, 0.05) is 6.54 Å². The second-order valence-electron chi connectivity index (χ2n) is 4.63. The van der Waals surface area contributed by atoms with Gasteiger partial charge in [-0.3, -0.25) is 4.79 Å². The van der Waals surface area contributed by atoms with Crippen molar-refractivity contribution in [2.24, 2.45) is 5.73 Å². The second kappa shape index (κ2) is 6.29. The molecular formula is C15H16N4OS. The lowest BCUT2D eigenvalue weighted by Gasteiger charge is -2.08. The molecule has 0 atom stereocenters. The molecule has 1 aromatic heterocycles. The molecule has 2 rings (SSSR count). The highest BCUT2D eigenvalue weighted by Gasteiger charge is 2.19. The first-order chi connectivity index (χ1) is 10.0. The molecule has 0 unspecified atom stereocenters. The molecule has 0 aliphatic rings. The van der Waals surface area contributed by atoms with Crippen molar-refractivity contribution in [3.05, 3.63) is 45.8 Å². The molecule has 2 aromatic rings. The standard InChI is InChI=1S/C15H16N4OS/c1-9-4-2-3-5-10(9)6-7-19-15-12(14(18)20)13(17)11(8-16)21-15/h2-5,19H,6-7,17H2,1H3,(H2,18,20). The molecule has 0 saturated carbocycles. The molecule has 0 radical (unpaired) electrons. The third kappa shape index (κ3) is 3.15. The highest BCUT2D eigenvalue weighted by Crippen LogP contribution is 2.34. The number of carbonyl (C=O) groups is 1. The molecule has 0 aliphatic heterocycles. The maximum Gasteiger partial charge on any atom is 0.253 e. The van der Waals surface area contributed by atoms with Crippen LogP contribution in [0.3, 0.4) is 0 Å². The summed E-state index contributed by atoms with van der Waals surface area (Å²) in [6.07, 6.45) is 0.810. The van der Waals surface area contributed by atoms with Crippen LogP contribution in [0, 0.1) is 18.3 Å². The van der Waals surface area contributed by atoms with E-state index in [2.05, 4.69) is 24.4 Å². The Labute approximate surface area is 127 Å². The summed E-state index contributed by atoms with van der Waals surface area (Å²) in [4.78, 5) is 11.8. The predicted octanol–water partition coefficient (Wildman–Crippen LogP) is 2.26. The quantitative estimate of drug-likeness (QED) is 0.787. The summed E-state index contributed by atoms with van der Waals surface area (Å²) in [6.45, 7) is 2.69. The number of nitrogen functional groups attached to an aromatic ring is 1. The summed E-state index contributed by atoms with van der Waals surface area (Å²) >= 11 is 1.16. The van der Waals surface area contributed by atoms with E-state index in [-0.39, 0.29) is 11.3 Å². The van der Waals surface area contributed by atoms with Gasteiger partial charge in [0.25, 0.3) is 5.91 Å². The summed E-state index contributed by atoms with van der Waals surface area (Å²) < 4.78 is 0. The van der Waals surface area contributed by atoms with Crippen molar-refractivity contribution in [3.8, 4) is 6.07 Å². The SMILES string of the molecule is Cc1ccccc1CCNc1sc(C#N)c(N)c1C(N)=O. The number of thiophene rings is 1. The summed E-state index contributed by atoms with van der Waals surface area (Å²) in [5, 5.41) is 12.7. The fourth-order valence-corrected chi connectivity index (χ4v) is 3.05. The molecule has 21 heavy (non-hydrogen) atoms. The largest absolute Gasteiger partial charge is 0.396 e. The lowest BCUT2D eigenvalue weighted by atomic mass is 10.1. The van der Waals surface area contributed by atoms with Crippen molar-refractivity contribution in [1.82, 2.24) is 0 Å². The zero-order chi connectivity index (χ0) is 15.4. The Bertz CT molecular complexity index is 715. The molecule has 0 fully saturated rings. The molecule has 0 aliphatic carbocycles. The van der Waals surface area contributed by atoms with Gasteiger partial charge >= 0.3 is 0 Å². The van der Waals surface area contributed by atoms with E-state index in [1.165, 1.54) is 11.1 Å². The van der Waals surface area contributed by atoms with E-state index in [0.29, 0.717) is 16.4 Å². The first-order valence-corrected chi connectivity index (χ1v) is 7.26. The molecule has 0 spiro atoms. The number of aryl methyl sites for hydroxylation is 1. The minimum atomic E-state index is -0.622. The highest BCUT2D eigenvalue weighted by molar-refractivity contribution is 7.17. The van der Waals surface area contributed by atoms with Crippen molar-refractivity contribution in [1.29, 1.82) is 5.26 Å². The molecule has 1 amide bonds. The number of carbonyl (C=O) groups excluding carboxylic acids is 1. The molecule has 0 saturated heterocycles. The number of amides is 1. The first-order valence-electron chi connectivity index (χ1n) is 6.45. The fraction of sp³-hybridized carbons (Fsp3) is 0.200. The Kier molecular flexibility index (Phi) is 4.45. The van der Waals surface area contributed by atoms with Crippen LogP contribution in [0.15, 0.2) is 24.3 Å². The Morgan fingerprint density at radius 3 is 2.76 bits per heavy atom. The lowest BCUT2D eigenvalue weighted by Crippen LogP contribution is -2.15. The number of primary amides is 1. The van der Waals surface area contributed by atoms with Crippen molar-refractivity contribution < 1.29 is 4.79 Å². The van der Waals surface area contributed by atoms with Crippen LogP contribution in [0.2, 0.25) is 0 Å². The van der Waals surface area contributed by atoms with Gasteiger partial charge in [0.2, 0.25) is 0 Å². The van der Waals surface area contributed by atoms with Gasteiger partial charge in [0.05, 0.1) is 11.3 Å². The maximum absolute atomic E-state index is 11.5. The smallest absolute Gasteiger partial charge is 0.253 e. The van der Waals surface area contributed by atoms with Crippen molar-refractivity contribution in [3.63, 3.8) is 0 Å². The number of hydrogen-bond acceptors (Lipinski definition) is 5. The van der Waals surface area contributed by atoms with Gasteiger partial charge in [-0.1, -0.05) is 24.3 Å². The van der Waals surface area contributed by atoms with Crippen LogP contribution in [0.4, 0.5) is 10.7 Å². The number of nitriles is 1. The molecule has 108 valence electrons. The van der Waals surface area contributed by atoms with Crippen LogP contribution in [-0.2, 0) is 6.42 Å². The number of nitrogens with one attached hydrogen (secondary N) is 1. The lowest BCUT2D eigenvalue weighted by molar-refractivity contribution is 0.100. The van der Waals surface area contributed by atoms with Crippen LogP contribution in [0.25, 0.3) is 0 Å². The average Bonchev–Trinajstić information content (AvgIpc) is 2.77. The zero-order valence-electron chi connectivity index (χ0n) is 11.6. The molecule has 5 N–H and O–H groups in total. The topological polar surface area (TPSA) is 105 Å². The van der Waals surface area contributed by atoms with Gasteiger partial charge in [-0.15, -0.1) is 11.3 Å².